The van der Waals surface area contributed by atoms with E-state index in [4.69, 9.17) is 0 Å². The highest BCUT2D eigenvalue weighted by atomic mass is 19.1. The summed E-state index contributed by atoms with van der Waals surface area (Å²) in [5.74, 6) is -0.125. The maximum absolute atomic E-state index is 13.9. The Hall–Kier alpha value is -2.44. The van der Waals surface area contributed by atoms with Crippen LogP contribution in [0.25, 0.3) is 0 Å². The van der Waals surface area contributed by atoms with Crippen LogP contribution in [0.2, 0.25) is 0 Å². The van der Waals surface area contributed by atoms with Crippen molar-refractivity contribution in [3.05, 3.63) is 59.4 Å². The Bertz CT molecular complexity index is 873. The summed E-state index contributed by atoms with van der Waals surface area (Å²) in [7, 11) is 0. The molecule has 30 heavy (non-hydrogen) atoms. The van der Waals surface area contributed by atoms with Crippen molar-refractivity contribution in [3.63, 3.8) is 0 Å². The molecule has 0 atom stereocenters. The lowest BCUT2D eigenvalue weighted by atomic mass is 10.1. The van der Waals surface area contributed by atoms with Crippen LogP contribution in [0, 0.1) is 12.7 Å². The lowest BCUT2D eigenvalue weighted by Crippen LogP contribution is -2.48. The van der Waals surface area contributed by atoms with E-state index in [2.05, 4.69) is 39.1 Å². The van der Waals surface area contributed by atoms with Crippen LogP contribution in [-0.4, -0.2) is 61.5 Å². The third kappa shape index (κ3) is 5.18. The smallest absolute Gasteiger partial charge is 0.238 e. The van der Waals surface area contributed by atoms with Gasteiger partial charge >= 0.3 is 0 Å². The average Bonchev–Trinajstić information content (AvgIpc) is 3.27. The zero-order valence-corrected chi connectivity index (χ0v) is 17.7. The Balaban J connectivity index is 1.24. The average molecular weight is 411 g/mol. The monoisotopic (exact) mass is 410 g/mol. The van der Waals surface area contributed by atoms with E-state index in [9.17, 15) is 9.18 Å². The van der Waals surface area contributed by atoms with Crippen molar-refractivity contribution in [2.24, 2.45) is 0 Å². The zero-order chi connectivity index (χ0) is 20.9. The van der Waals surface area contributed by atoms with Crippen LogP contribution in [-0.2, 0) is 11.3 Å². The summed E-state index contributed by atoms with van der Waals surface area (Å²) in [6.07, 6.45) is 2.51. The minimum absolute atomic E-state index is 0.0228. The van der Waals surface area contributed by atoms with Crippen LogP contribution >= 0.6 is 0 Å². The van der Waals surface area contributed by atoms with Gasteiger partial charge < -0.3 is 10.2 Å². The first-order valence-corrected chi connectivity index (χ1v) is 10.9. The Morgan fingerprint density at radius 2 is 1.67 bits per heavy atom. The first-order chi connectivity index (χ1) is 14.6. The molecule has 5 nitrogen and oxygen atoms in total. The molecule has 160 valence electrons. The van der Waals surface area contributed by atoms with E-state index in [1.54, 1.807) is 6.07 Å². The molecule has 2 saturated heterocycles. The van der Waals surface area contributed by atoms with Crippen LogP contribution in [0.5, 0.6) is 0 Å². The van der Waals surface area contributed by atoms with Gasteiger partial charge in [0.25, 0.3) is 0 Å². The topological polar surface area (TPSA) is 38.8 Å². The van der Waals surface area contributed by atoms with Crippen LogP contribution in [0.1, 0.15) is 24.0 Å². The molecule has 2 fully saturated rings. The van der Waals surface area contributed by atoms with Crippen molar-refractivity contribution < 1.29 is 9.18 Å². The normalized spacial score (nSPS) is 18.0. The van der Waals surface area contributed by atoms with E-state index in [0.29, 0.717) is 13.1 Å². The van der Waals surface area contributed by atoms with Gasteiger partial charge in [-0.1, -0.05) is 18.2 Å². The summed E-state index contributed by atoms with van der Waals surface area (Å²) in [6, 6.07) is 13.2. The summed E-state index contributed by atoms with van der Waals surface area (Å²) in [5, 5.41) is 3.07. The maximum Gasteiger partial charge on any atom is 0.238 e. The third-order valence-electron chi connectivity index (χ3n) is 6.14. The number of carbonyl (C=O) groups is 1. The molecule has 4 rings (SSSR count). The summed E-state index contributed by atoms with van der Waals surface area (Å²) in [5.41, 5.74) is 3.97. The molecule has 0 radical (unpaired) electrons. The second-order valence-corrected chi connectivity index (χ2v) is 8.39. The second-order valence-electron chi connectivity index (χ2n) is 8.39. The number of rotatable bonds is 6. The molecule has 6 heteroatoms. The van der Waals surface area contributed by atoms with Gasteiger partial charge in [-0.3, -0.25) is 14.6 Å². The molecule has 0 saturated carbocycles. The molecule has 1 N–H and O–H groups in total. The van der Waals surface area contributed by atoms with E-state index in [0.717, 1.165) is 56.1 Å². The fourth-order valence-corrected chi connectivity index (χ4v) is 4.33. The summed E-state index contributed by atoms with van der Waals surface area (Å²) >= 11 is 0. The maximum atomic E-state index is 13.9. The number of aryl methyl sites for hydroxylation is 1. The van der Waals surface area contributed by atoms with E-state index in [-0.39, 0.29) is 11.7 Å². The van der Waals surface area contributed by atoms with Gasteiger partial charge in [0.15, 0.2) is 0 Å². The van der Waals surface area contributed by atoms with Crippen LogP contribution in [0.4, 0.5) is 15.8 Å². The Kier molecular flexibility index (Phi) is 6.65. The number of anilines is 2. The van der Waals surface area contributed by atoms with Crippen molar-refractivity contribution in [3.8, 4) is 0 Å². The van der Waals surface area contributed by atoms with Crippen LogP contribution in [0.15, 0.2) is 42.5 Å². The Morgan fingerprint density at radius 1 is 0.967 bits per heavy atom. The highest BCUT2D eigenvalue weighted by Gasteiger charge is 2.20. The summed E-state index contributed by atoms with van der Waals surface area (Å²) in [6.45, 7) is 8.61. The quantitative estimate of drug-likeness (QED) is 0.791. The summed E-state index contributed by atoms with van der Waals surface area (Å²) < 4.78 is 13.9. The molecule has 2 aliphatic rings. The van der Waals surface area contributed by atoms with Gasteiger partial charge in [-0.05, 0) is 49.6 Å². The predicted octanol–water partition coefficient (Wildman–Crippen LogP) is 3.49. The van der Waals surface area contributed by atoms with Crippen molar-refractivity contribution in [2.45, 2.75) is 26.3 Å². The van der Waals surface area contributed by atoms with Crippen LogP contribution < -0.4 is 10.2 Å². The third-order valence-corrected chi connectivity index (χ3v) is 6.14. The molecule has 2 heterocycles. The Labute approximate surface area is 178 Å². The fourth-order valence-electron chi connectivity index (χ4n) is 4.33. The number of nitrogens with zero attached hydrogens (tertiary/aromatic N) is 3. The number of carbonyl (C=O) groups excluding carboxylic acids is 1. The first-order valence-electron chi connectivity index (χ1n) is 10.9. The second kappa shape index (κ2) is 9.58. The molecule has 1 amide bonds. The molecular formula is C24H31FN4O. The van der Waals surface area contributed by atoms with E-state index in [1.807, 2.05) is 18.2 Å². The van der Waals surface area contributed by atoms with Gasteiger partial charge in [0, 0.05) is 62.8 Å². The van der Waals surface area contributed by atoms with Crippen molar-refractivity contribution in [2.75, 3.05) is 56.0 Å². The first kappa shape index (κ1) is 20.8. The lowest BCUT2D eigenvalue weighted by Gasteiger charge is -2.34. The molecule has 2 aliphatic heterocycles. The lowest BCUT2D eigenvalue weighted by molar-refractivity contribution is -0.117. The minimum atomic E-state index is -0.148. The van der Waals surface area contributed by atoms with Gasteiger partial charge in [0.2, 0.25) is 5.91 Å². The van der Waals surface area contributed by atoms with Crippen molar-refractivity contribution in [1.82, 2.24) is 9.80 Å². The van der Waals surface area contributed by atoms with Crippen molar-refractivity contribution in [1.29, 1.82) is 0 Å². The van der Waals surface area contributed by atoms with Gasteiger partial charge in [-0.2, -0.15) is 0 Å². The van der Waals surface area contributed by atoms with Gasteiger partial charge in [0.1, 0.15) is 5.82 Å². The standard InChI is InChI=1S/C24H31FN4O/c1-19-16-21(29-10-4-5-11-29)8-9-23(19)26-24(30)18-28-14-12-27(13-15-28)17-20-6-2-3-7-22(20)25/h2-3,6-9,16H,4-5,10-15,17-18H2,1H3,(H,26,30). The molecule has 2 aromatic rings. The zero-order valence-electron chi connectivity index (χ0n) is 17.7. The van der Waals surface area contributed by atoms with Gasteiger partial charge in [-0.15, -0.1) is 0 Å². The van der Waals surface area contributed by atoms with Crippen LogP contribution in [0.3, 0.4) is 0 Å². The fraction of sp³-hybridized carbons (Fsp3) is 0.458. The minimum Gasteiger partial charge on any atom is -0.372 e. The molecule has 0 bridgehead atoms. The number of benzene rings is 2. The number of nitrogens with one attached hydrogen (secondary N) is 1. The van der Waals surface area contributed by atoms with E-state index in [1.165, 1.54) is 24.6 Å². The Morgan fingerprint density at radius 3 is 2.37 bits per heavy atom. The van der Waals surface area contributed by atoms with Gasteiger partial charge in [0.05, 0.1) is 6.54 Å². The molecular weight excluding hydrogens is 379 g/mol. The molecule has 0 aliphatic carbocycles. The summed E-state index contributed by atoms with van der Waals surface area (Å²) in [4.78, 5) is 19.4. The van der Waals surface area contributed by atoms with Crippen molar-refractivity contribution >= 4 is 17.3 Å². The molecule has 2 aromatic carbocycles. The van der Waals surface area contributed by atoms with E-state index < -0.39 is 0 Å². The largest absolute Gasteiger partial charge is 0.372 e. The SMILES string of the molecule is Cc1cc(N2CCCC2)ccc1NC(=O)CN1CCN(Cc2ccccc2F)CC1. The molecule has 0 spiro atoms. The number of hydrogen-bond donors (Lipinski definition) is 1. The predicted molar refractivity (Wildman–Crippen MR) is 119 cm³/mol. The highest BCUT2D eigenvalue weighted by Crippen LogP contribution is 2.25. The van der Waals surface area contributed by atoms with E-state index >= 15 is 0 Å². The number of amides is 1. The highest BCUT2D eigenvalue weighted by molar-refractivity contribution is 5.93. The van der Waals surface area contributed by atoms with Gasteiger partial charge in [-0.25, -0.2) is 4.39 Å². The number of halogens is 1. The number of hydrogen-bond acceptors (Lipinski definition) is 4. The molecule has 0 aromatic heterocycles. The number of piperazine rings is 1. The molecule has 0 unspecified atom stereocenters.